The van der Waals surface area contributed by atoms with Crippen molar-refractivity contribution in [3.8, 4) is 0 Å². The van der Waals surface area contributed by atoms with E-state index in [2.05, 4.69) is 5.32 Å². The molecule has 7 nitrogen and oxygen atoms in total. The van der Waals surface area contributed by atoms with Gasteiger partial charge in [0.2, 0.25) is 21.8 Å². The van der Waals surface area contributed by atoms with Crippen LogP contribution < -0.4 is 9.62 Å². The highest BCUT2D eigenvalue weighted by atomic mass is 35.5. The van der Waals surface area contributed by atoms with Crippen LogP contribution in [0.25, 0.3) is 0 Å². The third-order valence-corrected chi connectivity index (χ3v) is 7.91. The Balaban J connectivity index is 2.22. The minimum absolute atomic E-state index is 0.0300. The Hall–Kier alpha value is -2.00. The van der Waals surface area contributed by atoms with Gasteiger partial charge in [-0.1, -0.05) is 53.9 Å². The molecule has 0 saturated heterocycles. The summed E-state index contributed by atoms with van der Waals surface area (Å²) in [7, 11) is -3.62. The van der Waals surface area contributed by atoms with Gasteiger partial charge in [0.25, 0.3) is 0 Å². The zero-order valence-corrected chi connectivity index (χ0v) is 23.9. The summed E-state index contributed by atoms with van der Waals surface area (Å²) >= 11 is 18.5. The SMILES string of the molecule is CCCNC(=O)[C@H](C)N(Cc1ccc(Cl)cc1Cl)C(=O)CCCN(c1cccc(Cl)c1C)S(C)(=O)=O. The number of sulfonamides is 1. The minimum atomic E-state index is -3.62. The summed E-state index contributed by atoms with van der Waals surface area (Å²) in [6.07, 6.45) is 2.15. The van der Waals surface area contributed by atoms with Crippen molar-refractivity contribution in [3.63, 3.8) is 0 Å². The minimum Gasteiger partial charge on any atom is -0.354 e. The first kappa shape index (κ1) is 30.2. The summed E-state index contributed by atoms with van der Waals surface area (Å²) in [5, 5.41) is 4.13. The molecule has 0 saturated carbocycles. The molecule has 0 aliphatic heterocycles. The van der Waals surface area contributed by atoms with E-state index in [-0.39, 0.29) is 37.7 Å². The number of hydrogen-bond acceptors (Lipinski definition) is 4. The van der Waals surface area contributed by atoms with E-state index in [1.54, 1.807) is 50.2 Å². The number of anilines is 1. The fraction of sp³-hybridized carbons (Fsp3) is 0.440. The van der Waals surface area contributed by atoms with Crippen molar-refractivity contribution < 1.29 is 18.0 Å². The Morgan fingerprint density at radius 2 is 1.78 bits per heavy atom. The standard InChI is InChI=1S/C25H32Cl3N3O4S/c1-5-13-29-25(33)18(3)30(16-19-11-12-20(26)15-22(19)28)24(32)10-7-14-31(36(4,34)35)23-9-6-8-21(27)17(23)2/h6,8-9,11-12,15,18H,5,7,10,13-14,16H2,1-4H3,(H,29,33)/t18-/m0/s1. The van der Waals surface area contributed by atoms with E-state index >= 15 is 0 Å². The van der Waals surface area contributed by atoms with E-state index in [1.807, 2.05) is 6.92 Å². The highest BCUT2D eigenvalue weighted by Gasteiger charge is 2.27. The van der Waals surface area contributed by atoms with Crippen molar-refractivity contribution in [2.45, 2.75) is 52.6 Å². The van der Waals surface area contributed by atoms with Crippen LogP contribution in [0.3, 0.4) is 0 Å². The van der Waals surface area contributed by atoms with Crippen LogP contribution in [0.2, 0.25) is 15.1 Å². The topological polar surface area (TPSA) is 86.8 Å². The highest BCUT2D eigenvalue weighted by Crippen LogP contribution is 2.29. The van der Waals surface area contributed by atoms with Crippen LogP contribution in [0, 0.1) is 6.92 Å². The lowest BCUT2D eigenvalue weighted by Gasteiger charge is -2.30. The largest absolute Gasteiger partial charge is 0.354 e. The number of amides is 2. The zero-order chi connectivity index (χ0) is 27.0. The van der Waals surface area contributed by atoms with Gasteiger partial charge in [-0.25, -0.2) is 8.42 Å². The first-order valence-electron chi connectivity index (χ1n) is 11.6. The lowest BCUT2D eigenvalue weighted by atomic mass is 10.1. The van der Waals surface area contributed by atoms with Crippen molar-refractivity contribution in [1.29, 1.82) is 0 Å². The summed E-state index contributed by atoms with van der Waals surface area (Å²) in [4.78, 5) is 27.5. The Labute approximate surface area is 228 Å². The second kappa shape index (κ2) is 13.5. The Morgan fingerprint density at radius 3 is 2.39 bits per heavy atom. The summed E-state index contributed by atoms with van der Waals surface area (Å²) in [5.74, 6) is -0.570. The van der Waals surface area contributed by atoms with Gasteiger partial charge in [0.15, 0.2) is 0 Å². The van der Waals surface area contributed by atoms with Crippen LogP contribution in [0.15, 0.2) is 36.4 Å². The molecule has 0 spiro atoms. The Kier molecular flexibility index (Phi) is 11.3. The number of rotatable bonds is 12. The summed E-state index contributed by atoms with van der Waals surface area (Å²) in [6.45, 7) is 6.03. The van der Waals surface area contributed by atoms with Crippen molar-refractivity contribution in [2.24, 2.45) is 0 Å². The molecule has 0 fully saturated rings. The van der Waals surface area contributed by atoms with Crippen LogP contribution in [-0.4, -0.2) is 50.5 Å². The average Bonchev–Trinajstić information content (AvgIpc) is 2.80. The lowest BCUT2D eigenvalue weighted by Crippen LogP contribution is -2.48. The lowest BCUT2D eigenvalue weighted by molar-refractivity contribution is -0.140. The summed E-state index contributed by atoms with van der Waals surface area (Å²) in [5.41, 5.74) is 1.75. The van der Waals surface area contributed by atoms with Gasteiger partial charge in [-0.3, -0.25) is 13.9 Å². The van der Waals surface area contributed by atoms with E-state index in [4.69, 9.17) is 34.8 Å². The van der Waals surface area contributed by atoms with Crippen molar-refractivity contribution >= 4 is 62.3 Å². The molecule has 0 aliphatic carbocycles. The van der Waals surface area contributed by atoms with E-state index in [0.717, 1.165) is 12.7 Å². The van der Waals surface area contributed by atoms with Gasteiger partial charge < -0.3 is 10.2 Å². The molecule has 0 heterocycles. The maximum atomic E-state index is 13.3. The second-order valence-electron chi connectivity index (χ2n) is 8.55. The summed E-state index contributed by atoms with van der Waals surface area (Å²) < 4.78 is 26.3. The smallest absolute Gasteiger partial charge is 0.242 e. The van der Waals surface area contributed by atoms with Crippen molar-refractivity contribution in [1.82, 2.24) is 10.2 Å². The molecule has 198 valence electrons. The Bertz CT molecular complexity index is 1190. The van der Waals surface area contributed by atoms with Crippen LogP contribution in [-0.2, 0) is 26.2 Å². The molecule has 36 heavy (non-hydrogen) atoms. The number of carbonyl (C=O) groups excluding carboxylic acids is 2. The molecule has 2 aromatic carbocycles. The second-order valence-corrected chi connectivity index (χ2v) is 11.7. The van der Waals surface area contributed by atoms with E-state index in [0.29, 0.717) is 38.4 Å². The predicted octanol–water partition coefficient (Wildman–Crippen LogP) is 5.44. The molecule has 2 amide bonds. The number of nitrogens with zero attached hydrogens (tertiary/aromatic N) is 2. The number of nitrogens with one attached hydrogen (secondary N) is 1. The Morgan fingerprint density at radius 1 is 1.08 bits per heavy atom. The normalized spacial score (nSPS) is 12.2. The first-order chi connectivity index (χ1) is 16.9. The van der Waals surface area contributed by atoms with Gasteiger partial charge in [0, 0.05) is 41.1 Å². The molecule has 0 aliphatic rings. The van der Waals surface area contributed by atoms with Crippen LogP contribution in [0.1, 0.15) is 44.2 Å². The zero-order valence-electron chi connectivity index (χ0n) is 20.9. The molecule has 0 radical (unpaired) electrons. The third-order valence-electron chi connectivity index (χ3n) is 5.73. The van der Waals surface area contributed by atoms with Crippen LogP contribution in [0.5, 0.6) is 0 Å². The number of carbonyl (C=O) groups is 2. The molecule has 1 N–H and O–H groups in total. The van der Waals surface area contributed by atoms with Gasteiger partial charge in [0.1, 0.15) is 6.04 Å². The van der Waals surface area contributed by atoms with Gasteiger partial charge in [-0.15, -0.1) is 0 Å². The van der Waals surface area contributed by atoms with E-state index in [1.165, 1.54) is 9.21 Å². The van der Waals surface area contributed by atoms with E-state index < -0.39 is 16.1 Å². The van der Waals surface area contributed by atoms with Crippen molar-refractivity contribution in [2.75, 3.05) is 23.7 Å². The number of hydrogen-bond donors (Lipinski definition) is 1. The molecule has 1 atom stereocenters. The fourth-order valence-electron chi connectivity index (χ4n) is 3.66. The molecular weight excluding hydrogens is 545 g/mol. The van der Waals surface area contributed by atoms with Crippen LogP contribution >= 0.6 is 34.8 Å². The van der Waals surface area contributed by atoms with Gasteiger partial charge in [-0.05, 0) is 62.1 Å². The molecule has 11 heteroatoms. The van der Waals surface area contributed by atoms with Gasteiger partial charge in [-0.2, -0.15) is 0 Å². The summed E-state index contributed by atoms with van der Waals surface area (Å²) in [6, 6.07) is 9.27. The number of halogens is 3. The number of benzene rings is 2. The molecule has 2 aromatic rings. The van der Waals surface area contributed by atoms with E-state index in [9.17, 15) is 18.0 Å². The van der Waals surface area contributed by atoms with Crippen LogP contribution in [0.4, 0.5) is 5.69 Å². The van der Waals surface area contributed by atoms with Gasteiger partial charge >= 0.3 is 0 Å². The molecule has 0 unspecified atom stereocenters. The third kappa shape index (κ3) is 8.26. The maximum Gasteiger partial charge on any atom is 0.242 e. The highest BCUT2D eigenvalue weighted by molar-refractivity contribution is 7.92. The molecular formula is C25H32Cl3N3O4S. The van der Waals surface area contributed by atoms with Gasteiger partial charge in [0.05, 0.1) is 11.9 Å². The van der Waals surface area contributed by atoms with Crippen molar-refractivity contribution in [3.05, 3.63) is 62.6 Å². The molecule has 2 rings (SSSR count). The maximum absolute atomic E-state index is 13.3. The molecule has 0 bridgehead atoms. The monoisotopic (exact) mass is 575 g/mol. The predicted molar refractivity (Wildman–Crippen MR) is 147 cm³/mol. The molecule has 0 aromatic heterocycles. The average molecular weight is 577 g/mol. The fourth-order valence-corrected chi connectivity index (χ4v) is 5.31. The first-order valence-corrected chi connectivity index (χ1v) is 14.6. The quantitative estimate of drug-likeness (QED) is 0.364.